The largest absolute Gasteiger partial charge is 0.326 e. The van der Waals surface area contributed by atoms with Crippen LogP contribution in [0.15, 0.2) is 0 Å². The first kappa shape index (κ1) is 12.8. The number of carbonyl (C=O) groups excluding carboxylic acids is 1. The molecule has 0 fully saturated rings. The monoisotopic (exact) mass is 208 g/mol. The van der Waals surface area contributed by atoms with E-state index in [0.717, 1.165) is 12.8 Å². The lowest BCUT2D eigenvalue weighted by Gasteiger charge is -2.10. The number of hydrogen-bond donors (Lipinski definition) is 2. The summed E-state index contributed by atoms with van der Waals surface area (Å²) in [6, 6.07) is 0. The van der Waals surface area contributed by atoms with E-state index in [2.05, 4.69) is 0 Å². The van der Waals surface area contributed by atoms with E-state index >= 15 is 0 Å². The topological polar surface area (TPSA) is 74.6 Å². The Balaban J connectivity index is 3.93. The standard InChI is InChI=1S/C8H17O4P/c1-3-7(4-2)8(9)5-6-13(10,11)12/h7H,3-6H2,1-2H3,(H2,10,11,12). The van der Waals surface area contributed by atoms with Gasteiger partial charge in [0.15, 0.2) is 0 Å². The van der Waals surface area contributed by atoms with Crippen molar-refractivity contribution in [1.82, 2.24) is 0 Å². The second-order valence-corrected chi connectivity index (χ2v) is 4.89. The minimum atomic E-state index is -4.00. The average molecular weight is 208 g/mol. The Bertz CT molecular complexity index is 204. The smallest absolute Gasteiger partial charge is 0.324 e. The quantitative estimate of drug-likeness (QED) is 0.649. The molecule has 4 nitrogen and oxygen atoms in total. The van der Waals surface area contributed by atoms with E-state index < -0.39 is 7.60 Å². The van der Waals surface area contributed by atoms with Gasteiger partial charge in [-0.15, -0.1) is 0 Å². The van der Waals surface area contributed by atoms with Crippen LogP contribution in [0, 0.1) is 5.92 Å². The molecular weight excluding hydrogens is 191 g/mol. The summed E-state index contributed by atoms with van der Waals surface area (Å²) in [7, 11) is -4.00. The Morgan fingerprint density at radius 3 is 2.08 bits per heavy atom. The van der Waals surface area contributed by atoms with Crippen molar-refractivity contribution >= 4 is 13.4 Å². The lowest BCUT2D eigenvalue weighted by atomic mass is 9.97. The van der Waals surface area contributed by atoms with Crippen molar-refractivity contribution in [2.24, 2.45) is 5.92 Å². The van der Waals surface area contributed by atoms with Crippen LogP contribution in [0.5, 0.6) is 0 Å². The zero-order valence-corrected chi connectivity index (χ0v) is 8.96. The molecule has 0 saturated carbocycles. The molecule has 0 bridgehead atoms. The van der Waals surface area contributed by atoms with Crippen LogP contribution < -0.4 is 0 Å². The molecule has 0 radical (unpaired) electrons. The summed E-state index contributed by atoms with van der Waals surface area (Å²) in [6.07, 6.45) is 1.17. The third-order valence-electron chi connectivity index (χ3n) is 2.09. The summed E-state index contributed by atoms with van der Waals surface area (Å²) in [6.45, 7) is 3.81. The zero-order chi connectivity index (χ0) is 10.5. The second-order valence-electron chi connectivity index (χ2n) is 3.12. The highest BCUT2D eigenvalue weighted by atomic mass is 31.2. The zero-order valence-electron chi connectivity index (χ0n) is 8.06. The lowest BCUT2D eigenvalue weighted by molar-refractivity contribution is -0.122. The molecule has 0 unspecified atom stereocenters. The summed E-state index contributed by atoms with van der Waals surface area (Å²) in [5.74, 6) is -0.0696. The Hall–Kier alpha value is -0.180. The van der Waals surface area contributed by atoms with Crippen LogP contribution in [0.2, 0.25) is 0 Å². The summed E-state index contributed by atoms with van der Waals surface area (Å²) in [5, 5.41) is 0. The Morgan fingerprint density at radius 2 is 1.77 bits per heavy atom. The van der Waals surface area contributed by atoms with Crippen molar-refractivity contribution in [1.29, 1.82) is 0 Å². The summed E-state index contributed by atoms with van der Waals surface area (Å²) >= 11 is 0. The number of hydrogen-bond acceptors (Lipinski definition) is 2. The van der Waals surface area contributed by atoms with Crippen LogP contribution in [0.1, 0.15) is 33.1 Å². The lowest BCUT2D eigenvalue weighted by Crippen LogP contribution is -2.13. The molecule has 0 aliphatic heterocycles. The van der Waals surface area contributed by atoms with Gasteiger partial charge < -0.3 is 9.79 Å². The molecule has 0 aromatic rings. The number of carbonyl (C=O) groups is 1. The normalized spacial score (nSPS) is 12.1. The summed E-state index contributed by atoms with van der Waals surface area (Å²) in [5.41, 5.74) is 0. The molecule has 13 heavy (non-hydrogen) atoms. The Morgan fingerprint density at radius 1 is 1.31 bits per heavy atom. The van der Waals surface area contributed by atoms with Gasteiger partial charge in [0.25, 0.3) is 0 Å². The molecule has 0 aromatic heterocycles. The molecule has 0 spiro atoms. The number of Topliss-reactive ketones (excluding diaryl/α,β-unsaturated/α-hetero) is 1. The summed E-state index contributed by atoms with van der Waals surface area (Å²) in [4.78, 5) is 28.4. The van der Waals surface area contributed by atoms with E-state index in [0.29, 0.717) is 0 Å². The van der Waals surface area contributed by atoms with E-state index in [1.54, 1.807) is 0 Å². The molecule has 78 valence electrons. The number of rotatable bonds is 6. The van der Waals surface area contributed by atoms with Crippen molar-refractivity contribution in [3.8, 4) is 0 Å². The predicted octanol–water partition coefficient (Wildman–Crippen LogP) is 1.56. The Kier molecular flexibility index (Phi) is 5.45. The van der Waals surface area contributed by atoms with Crippen LogP contribution in [0.25, 0.3) is 0 Å². The van der Waals surface area contributed by atoms with Gasteiger partial charge in [-0.05, 0) is 12.8 Å². The van der Waals surface area contributed by atoms with Crippen molar-refractivity contribution in [2.75, 3.05) is 6.16 Å². The van der Waals surface area contributed by atoms with Gasteiger partial charge in [0.05, 0.1) is 6.16 Å². The summed E-state index contributed by atoms with van der Waals surface area (Å²) < 4.78 is 10.5. The number of ketones is 1. The molecule has 0 saturated heterocycles. The molecule has 0 aromatic carbocycles. The maximum atomic E-state index is 11.3. The fraction of sp³-hybridized carbons (Fsp3) is 0.875. The molecule has 0 rings (SSSR count). The first-order valence-corrected chi connectivity index (χ1v) is 6.27. The minimum Gasteiger partial charge on any atom is -0.324 e. The molecule has 0 amide bonds. The van der Waals surface area contributed by atoms with Gasteiger partial charge >= 0.3 is 7.60 Å². The third-order valence-corrected chi connectivity index (χ3v) is 2.90. The predicted molar refractivity (Wildman–Crippen MR) is 50.6 cm³/mol. The maximum absolute atomic E-state index is 11.3. The fourth-order valence-corrected chi connectivity index (χ4v) is 1.72. The highest BCUT2D eigenvalue weighted by Crippen LogP contribution is 2.35. The molecule has 0 aliphatic carbocycles. The minimum absolute atomic E-state index is 0.00335. The van der Waals surface area contributed by atoms with Crippen LogP contribution in [0.4, 0.5) is 0 Å². The van der Waals surface area contributed by atoms with Gasteiger partial charge in [-0.25, -0.2) is 0 Å². The van der Waals surface area contributed by atoms with Gasteiger partial charge in [0.2, 0.25) is 0 Å². The molecular formula is C8H17O4P. The molecule has 0 heterocycles. The van der Waals surface area contributed by atoms with Crippen LogP contribution in [-0.2, 0) is 9.36 Å². The van der Waals surface area contributed by atoms with Gasteiger partial charge in [-0.3, -0.25) is 9.36 Å². The van der Waals surface area contributed by atoms with E-state index in [1.165, 1.54) is 0 Å². The molecule has 0 aliphatic rings. The van der Waals surface area contributed by atoms with Crippen molar-refractivity contribution < 1.29 is 19.1 Å². The Labute approximate surface area is 78.5 Å². The highest BCUT2D eigenvalue weighted by Gasteiger charge is 2.19. The molecule has 0 atom stereocenters. The van der Waals surface area contributed by atoms with E-state index in [1.807, 2.05) is 13.8 Å². The van der Waals surface area contributed by atoms with Crippen molar-refractivity contribution in [2.45, 2.75) is 33.1 Å². The second kappa shape index (κ2) is 5.53. The van der Waals surface area contributed by atoms with Gasteiger partial charge in [0, 0.05) is 12.3 Å². The van der Waals surface area contributed by atoms with Crippen molar-refractivity contribution in [3.05, 3.63) is 0 Å². The molecule has 2 N–H and O–H groups in total. The van der Waals surface area contributed by atoms with Gasteiger partial charge in [-0.2, -0.15) is 0 Å². The van der Waals surface area contributed by atoms with Crippen LogP contribution in [-0.4, -0.2) is 21.7 Å². The highest BCUT2D eigenvalue weighted by molar-refractivity contribution is 7.51. The first-order valence-electron chi connectivity index (χ1n) is 4.48. The van der Waals surface area contributed by atoms with Crippen LogP contribution in [0.3, 0.4) is 0 Å². The van der Waals surface area contributed by atoms with E-state index in [-0.39, 0.29) is 24.3 Å². The van der Waals surface area contributed by atoms with Gasteiger partial charge in [0.1, 0.15) is 5.78 Å². The first-order chi connectivity index (χ1) is 5.90. The van der Waals surface area contributed by atoms with Crippen molar-refractivity contribution in [3.63, 3.8) is 0 Å². The van der Waals surface area contributed by atoms with Crippen LogP contribution >= 0.6 is 7.60 Å². The molecule has 5 heteroatoms. The average Bonchev–Trinajstić information content (AvgIpc) is 2.02. The third kappa shape index (κ3) is 5.97. The van der Waals surface area contributed by atoms with E-state index in [9.17, 15) is 9.36 Å². The fourth-order valence-electron chi connectivity index (χ4n) is 1.20. The van der Waals surface area contributed by atoms with Gasteiger partial charge in [-0.1, -0.05) is 13.8 Å². The maximum Gasteiger partial charge on any atom is 0.326 e. The SMILES string of the molecule is CCC(CC)C(=O)CCP(=O)(O)O. The van der Waals surface area contributed by atoms with E-state index in [4.69, 9.17) is 9.79 Å².